The summed E-state index contributed by atoms with van der Waals surface area (Å²) in [5.74, 6) is 1.49. The van der Waals surface area contributed by atoms with E-state index in [-0.39, 0.29) is 6.10 Å². The molecule has 0 saturated heterocycles. The van der Waals surface area contributed by atoms with E-state index in [2.05, 4.69) is 6.07 Å². The minimum absolute atomic E-state index is 0.0730. The zero-order chi connectivity index (χ0) is 15.5. The highest BCUT2D eigenvalue weighted by Gasteiger charge is 2.11. The number of methoxy groups -OCH3 is 1. The molecule has 1 heterocycles. The molecule has 0 bridgehead atoms. The number of nitrogens with zero attached hydrogens (tertiary/aromatic N) is 1. The van der Waals surface area contributed by atoms with Crippen LogP contribution in [0.15, 0.2) is 54.6 Å². The van der Waals surface area contributed by atoms with E-state index in [9.17, 15) is 0 Å². The lowest BCUT2D eigenvalue weighted by Crippen LogP contribution is -2.07. The first-order valence-electron chi connectivity index (χ1n) is 7.38. The number of hydrogen-bond acceptors (Lipinski definition) is 3. The van der Waals surface area contributed by atoms with Crippen molar-refractivity contribution in [1.29, 1.82) is 0 Å². The Bertz CT molecular complexity index is 782. The summed E-state index contributed by atoms with van der Waals surface area (Å²) in [5.41, 5.74) is 1.97. The van der Waals surface area contributed by atoms with Crippen LogP contribution in [-0.4, -0.2) is 18.2 Å². The van der Waals surface area contributed by atoms with Crippen molar-refractivity contribution < 1.29 is 9.47 Å². The van der Waals surface area contributed by atoms with Crippen LogP contribution in [0.2, 0.25) is 0 Å². The molecular weight excluding hydrogens is 274 g/mol. The second-order valence-electron chi connectivity index (χ2n) is 5.43. The SMILES string of the molecule is COc1ccc2c(OC(C)C)nc(-c3ccccc3)cc2c1. The van der Waals surface area contributed by atoms with Crippen LogP contribution >= 0.6 is 0 Å². The Balaban J connectivity index is 2.21. The fraction of sp³-hybridized carbons (Fsp3) is 0.211. The number of rotatable bonds is 4. The molecule has 0 atom stereocenters. The lowest BCUT2D eigenvalue weighted by atomic mass is 10.1. The van der Waals surface area contributed by atoms with Gasteiger partial charge in [-0.25, -0.2) is 4.98 Å². The van der Waals surface area contributed by atoms with Gasteiger partial charge in [-0.3, -0.25) is 0 Å². The van der Waals surface area contributed by atoms with E-state index in [0.29, 0.717) is 5.88 Å². The van der Waals surface area contributed by atoms with Crippen molar-refractivity contribution in [3.8, 4) is 22.9 Å². The quantitative estimate of drug-likeness (QED) is 0.699. The van der Waals surface area contributed by atoms with Crippen molar-refractivity contribution >= 4 is 10.8 Å². The number of fused-ring (bicyclic) bond motifs is 1. The van der Waals surface area contributed by atoms with Crippen LogP contribution in [0.25, 0.3) is 22.0 Å². The fourth-order valence-electron chi connectivity index (χ4n) is 2.40. The van der Waals surface area contributed by atoms with Gasteiger partial charge >= 0.3 is 0 Å². The van der Waals surface area contributed by atoms with Gasteiger partial charge in [0, 0.05) is 10.9 Å². The lowest BCUT2D eigenvalue weighted by Gasteiger charge is -2.14. The number of benzene rings is 2. The molecule has 3 rings (SSSR count). The molecular formula is C19H19NO2. The van der Waals surface area contributed by atoms with Gasteiger partial charge in [0.2, 0.25) is 5.88 Å². The molecule has 3 heteroatoms. The second kappa shape index (κ2) is 6.06. The number of ether oxygens (including phenoxy) is 2. The molecule has 0 saturated carbocycles. The van der Waals surface area contributed by atoms with Crippen LogP contribution in [0.4, 0.5) is 0 Å². The highest BCUT2D eigenvalue weighted by atomic mass is 16.5. The summed E-state index contributed by atoms with van der Waals surface area (Å²) in [6.45, 7) is 4.01. The van der Waals surface area contributed by atoms with Gasteiger partial charge in [0.15, 0.2) is 0 Å². The summed E-state index contributed by atoms with van der Waals surface area (Å²) < 4.78 is 11.2. The third-order valence-corrected chi connectivity index (χ3v) is 3.42. The Morgan fingerprint density at radius 3 is 2.41 bits per heavy atom. The van der Waals surface area contributed by atoms with Gasteiger partial charge in [-0.05, 0) is 43.5 Å². The van der Waals surface area contributed by atoms with Gasteiger partial charge in [0.25, 0.3) is 0 Å². The molecule has 112 valence electrons. The first kappa shape index (κ1) is 14.4. The minimum atomic E-state index is 0.0730. The standard InChI is InChI=1S/C19H19NO2/c1-13(2)22-19-17-10-9-16(21-3)11-15(17)12-18(20-19)14-7-5-4-6-8-14/h4-13H,1-3H3. The van der Waals surface area contributed by atoms with Crippen molar-refractivity contribution in [3.05, 3.63) is 54.6 Å². The predicted octanol–water partition coefficient (Wildman–Crippen LogP) is 4.70. The Morgan fingerprint density at radius 1 is 0.955 bits per heavy atom. The molecule has 0 spiro atoms. The molecule has 3 nitrogen and oxygen atoms in total. The van der Waals surface area contributed by atoms with E-state index in [0.717, 1.165) is 27.8 Å². The van der Waals surface area contributed by atoms with E-state index in [1.54, 1.807) is 7.11 Å². The summed E-state index contributed by atoms with van der Waals surface area (Å²) in [7, 11) is 1.67. The van der Waals surface area contributed by atoms with Crippen molar-refractivity contribution in [3.63, 3.8) is 0 Å². The summed E-state index contributed by atoms with van der Waals surface area (Å²) in [6, 6.07) is 18.1. The Morgan fingerprint density at radius 2 is 1.73 bits per heavy atom. The zero-order valence-electron chi connectivity index (χ0n) is 13.0. The van der Waals surface area contributed by atoms with Crippen molar-refractivity contribution in [1.82, 2.24) is 4.98 Å². The average Bonchev–Trinajstić information content (AvgIpc) is 2.54. The first-order chi connectivity index (χ1) is 10.7. The van der Waals surface area contributed by atoms with E-state index < -0.39 is 0 Å². The molecule has 22 heavy (non-hydrogen) atoms. The lowest BCUT2D eigenvalue weighted by molar-refractivity contribution is 0.236. The van der Waals surface area contributed by atoms with Crippen molar-refractivity contribution in [2.45, 2.75) is 20.0 Å². The van der Waals surface area contributed by atoms with E-state index in [1.165, 1.54) is 0 Å². The molecule has 0 aliphatic heterocycles. The molecule has 0 unspecified atom stereocenters. The molecule has 2 aromatic carbocycles. The van der Waals surface area contributed by atoms with Crippen LogP contribution in [0.3, 0.4) is 0 Å². The number of hydrogen-bond donors (Lipinski definition) is 0. The molecule has 0 fully saturated rings. The molecule has 0 aliphatic rings. The maximum Gasteiger partial charge on any atom is 0.222 e. The third kappa shape index (κ3) is 2.89. The van der Waals surface area contributed by atoms with E-state index >= 15 is 0 Å². The van der Waals surface area contributed by atoms with Gasteiger partial charge in [-0.15, -0.1) is 0 Å². The van der Waals surface area contributed by atoms with Crippen LogP contribution in [0.5, 0.6) is 11.6 Å². The van der Waals surface area contributed by atoms with Gasteiger partial charge in [-0.1, -0.05) is 30.3 Å². The van der Waals surface area contributed by atoms with E-state index in [4.69, 9.17) is 14.5 Å². The first-order valence-corrected chi connectivity index (χ1v) is 7.38. The molecule has 0 amide bonds. The summed E-state index contributed by atoms with van der Waals surface area (Å²) in [6.07, 6.45) is 0.0730. The largest absolute Gasteiger partial charge is 0.497 e. The predicted molar refractivity (Wildman–Crippen MR) is 89.5 cm³/mol. The van der Waals surface area contributed by atoms with Gasteiger partial charge in [-0.2, -0.15) is 0 Å². The Kier molecular flexibility index (Phi) is 3.96. The van der Waals surface area contributed by atoms with Crippen molar-refractivity contribution in [2.75, 3.05) is 7.11 Å². The highest BCUT2D eigenvalue weighted by Crippen LogP contribution is 2.32. The Hall–Kier alpha value is -2.55. The fourth-order valence-corrected chi connectivity index (χ4v) is 2.40. The maximum absolute atomic E-state index is 5.91. The monoisotopic (exact) mass is 293 g/mol. The molecule has 0 N–H and O–H groups in total. The van der Waals surface area contributed by atoms with Crippen LogP contribution in [0.1, 0.15) is 13.8 Å². The highest BCUT2D eigenvalue weighted by molar-refractivity contribution is 5.91. The van der Waals surface area contributed by atoms with Gasteiger partial charge in [0.05, 0.1) is 18.9 Å². The minimum Gasteiger partial charge on any atom is -0.497 e. The summed E-state index contributed by atoms with van der Waals surface area (Å²) in [4.78, 5) is 4.70. The number of aromatic nitrogens is 1. The molecule has 0 radical (unpaired) electrons. The Labute approximate surface area is 130 Å². The third-order valence-electron chi connectivity index (χ3n) is 3.42. The summed E-state index contributed by atoms with van der Waals surface area (Å²) in [5, 5.41) is 2.05. The number of pyridine rings is 1. The molecule has 3 aromatic rings. The van der Waals surface area contributed by atoms with E-state index in [1.807, 2.05) is 62.4 Å². The smallest absolute Gasteiger partial charge is 0.222 e. The van der Waals surface area contributed by atoms with Crippen LogP contribution in [0, 0.1) is 0 Å². The normalized spacial score (nSPS) is 10.9. The van der Waals surface area contributed by atoms with Gasteiger partial charge < -0.3 is 9.47 Å². The molecule has 1 aromatic heterocycles. The maximum atomic E-state index is 5.91. The average molecular weight is 293 g/mol. The van der Waals surface area contributed by atoms with Crippen LogP contribution in [-0.2, 0) is 0 Å². The van der Waals surface area contributed by atoms with Gasteiger partial charge in [0.1, 0.15) is 5.75 Å². The van der Waals surface area contributed by atoms with Crippen molar-refractivity contribution in [2.24, 2.45) is 0 Å². The summed E-state index contributed by atoms with van der Waals surface area (Å²) >= 11 is 0. The topological polar surface area (TPSA) is 31.4 Å². The molecule has 0 aliphatic carbocycles. The van der Waals surface area contributed by atoms with Crippen LogP contribution < -0.4 is 9.47 Å². The zero-order valence-corrected chi connectivity index (χ0v) is 13.0. The second-order valence-corrected chi connectivity index (χ2v) is 5.43.